The van der Waals surface area contributed by atoms with Gasteiger partial charge in [0.05, 0.1) is 10.6 Å². The molecule has 17 heavy (non-hydrogen) atoms. The Bertz CT molecular complexity index is 411. The molecular formula is C10H15N3O4. The smallest absolute Gasteiger partial charge is 0.288 e. The van der Waals surface area contributed by atoms with Crippen molar-refractivity contribution in [1.29, 1.82) is 0 Å². The Morgan fingerprint density at radius 3 is 2.29 bits per heavy atom. The van der Waals surface area contributed by atoms with Crippen LogP contribution in [0, 0.1) is 10.1 Å². The number of hydroxylamine groups is 2. The molecule has 1 rings (SSSR count). The first-order valence-corrected chi connectivity index (χ1v) is 5.22. The van der Waals surface area contributed by atoms with E-state index in [1.54, 1.807) is 13.8 Å². The molecule has 0 aliphatic rings. The van der Waals surface area contributed by atoms with E-state index < -0.39 is 4.92 Å². The van der Waals surface area contributed by atoms with Gasteiger partial charge in [-0.05, 0) is 26.0 Å². The molecule has 1 aromatic rings. The Labute approximate surface area is 98.6 Å². The standard InChI is InChI=1S/C10H15N3O4/c1-3-11(14)8-5-6-9(12(15)4-2)10(7-8)13(16)17/h5-7,14-15H,3-4H2,1-2H3. The molecule has 0 fully saturated rings. The van der Waals surface area contributed by atoms with Gasteiger partial charge >= 0.3 is 0 Å². The predicted molar refractivity (Wildman–Crippen MR) is 62.7 cm³/mol. The van der Waals surface area contributed by atoms with Gasteiger partial charge in [0, 0.05) is 19.2 Å². The minimum absolute atomic E-state index is 0.103. The summed E-state index contributed by atoms with van der Waals surface area (Å²) in [6, 6.07) is 4.12. The molecule has 0 aliphatic heterocycles. The molecule has 0 heterocycles. The Kier molecular flexibility index (Phi) is 4.24. The first kappa shape index (κ1) is 13.2. The fourth-order valence-corrected chi connectivity index (χ4v) is 1.39. The van der Waals surface area contributed by atoms with Crippen LogP contribution >= 0.6 is 0 Å². The lowest BCUT2D eigenvalue weighted by atomic mass is 10.2. The maximum Gasteiger partial charge on any atom is 0.297 e. The van der Waals surface area contributed by atoms with Crippen molar-refractivity contribution in [3.05, 3.63) is 28.3 Å². The van der Waals surface area contributed by atoms with Gasteiger partial charge in [0.25, 0.3) is 5.69 Å². The largest absolute Gasteiger partial charge is 0.297 e. The van der Waals surface area contributed by atoms with Gasteiger partial charge in [-0.1, -0.05) is 0 Å². The van der Waals surface area contributed by atoms with E-state index in [2.05, 4.69) is 0 Å². The second-order valence-corrected chi connectivity index (χ2v) is 3.36. The summed E-state index contributed by atoms with van der Waals surface area (Å²) in [6.07, 6.45) is 0. The van der Waals surface area contributed by atoms with Crippen LogP contribution in [-0.2, 0) is 0 Å². The van der Waals surface area contributed by atoms with Crippen LogP contribution in [0.15, 0.2) is 18.2 Å². The van der Waals surface area contributed by atoms with Crippen molar-refractivity contribution in [1.82, 2.24) is 0 Å². The lowest BCUT2D eigenvalue weighted by Gasteiger charge is -2.18. The molecule has 1 aromatic carbocycles. The van der Waals surface area contributed by atoms with E-state index in [4.69, 9.17) is 0 Å². The molecule has 0 radical (unpaired) electrons. The third kappa shape index (κ3) is 2.83. The molecule has 0 bridgehead atoms. The Balaban J connectivity index is 3.22. The van der Waals surface area contributed by atoms with Crippen molar-refractivity contribution in [3.8, 4) is 0 Å². The predicted octanol–water partition coefficient (Wildman–Crippen LogP) is 2.03. The quantitative estimate of drug-likeness (QED) is 0.605. The highest BCUT2D eigenvalue weighted by Crippen LogP contribution is 2.31. The van der Waals surface area contributed by atoms with Crippen molar-refractivity contribution < 1.29 is 15.3 Å². The van der Waals surface area contributed by atoms with Crippen LogP contribution in [-0.4, -0.2) is 28.4 Å². The van der Waals surface area contributed by atoms with Crippen LogP contribution in [0.3, 0.4) is 0 Å². The summed E-state index contributed by atoms with van der Waals surface area (Å²) in [5.41, 5.74) is 0.164. The fraction of sp³-hybridized carbons (Fsp3) is 0.400. The molecular weight excluding hydrogens is 226 g/mol. The van der Waals surface area contributed by atoms with E-state index in [1.807, 2.05) is 0 Å². The summed E-state index contributed by atoms with van der Waals surface area (Å²) in [5, 5.41) is 31.5. The second kappa shape index (κ2) is 5.46. The minimum atomic E-state index is -0.596. The molecule has 0 spiro atoms. The first-order chi connectivity index (χ1) is 8.01. The summed E-state index contributed by atoms with van der Waals surface area (Å²) in [7, 11) is 0. The van der Waals surface area contributed by atoms with Crippen LogP contribution in [0.5, 0.6) is 0 Å². The number of anilines is 2. The molecule has 0 aromatic heterocycles. The van der Waals surface area contributed by atoms with Gasteiger partial charge in [0.2, 0.25) is 0 Å². The van der Waals surface area contributed by atoms with Gasteiger partial charge in [-0.25, -0.2) is 0 Å². The average Bonchev–Trinajstić information content (AvgIpc) is 2.35. The summed E-state index contributed by atoms with van der Waals surface area (Å²) < 4.78 is 0. The molecule has 94 valence electrons. The molecule has 0 atom stereocenters. The number of rotatable bonds is 5. The molecule has 0 amide bonds. The maximum atomic E-state index is 10.9. The fourth-order valence-electron chi connectivity index (χ4n) is 1.39. The van der Waals surface area contributed by atoms with Gasteiger partial charge in [0.15, 0.2) is 0 Å². The van der Waals surface area contributed by atoms with Crippen molar-refractivity contribution in [3.63, 3.8) is 0 Å². The summed E-state index contributed by atoms with van der Waals surface area (Å²) >= 11 is 0. The summed E-state index contributed by atoms with van der Waals surface area (Å²) in [6.45, 7) is 3.93. The molecule has 0 saturated heterocycles. The number of nitro benzene ring substituents is 1. The highest BCUT2D eigenvalue weighted by atomic mass is 16.6. The third-order valence-corrected chi connectivity index (χ3v) is 2.33. The van der Waals surface area contributed by atoms with Gasteiger partial charge in [-0.15, -0.1) is 0 Å². The normalized spacial score (nSPS) is 10.1. The minimum Gasteiger partial charge on any atom is -0.288 e. The number of hydrogen-bond donors (Lipinski definition) is 2. The van der Waals surface area contributed by atoms with E-state index in [1.165, 1.54) is 18.2 Å². The van der Waals surface area contributed by atoms with E-state index >= 15 is 0 Å². The van der Waals surface area contributed by atoms with Crippen LogP contribution in [0.25, 0.3) is 0 Å². The summed E-state index contributed by atoms with van der Waals surface area (Å²) in [5.74, 6) is 0. The number of hydrogen-bond acceptors (Lipinski definition) is 6. The van der Waals surface area contributed by atoms with Crippen LogP contribution in [0.4, 0.5) is 17.1 Å². The maximum absolute atomic E-state index is 10.9. The summed E-state index contributed by atoms with van der Waals surface area (Å²) in [4.78, 5) is 10.3. The van der Waals surface area contributed by atoms with E-state index in [-0.39, 0.29) is 17.9 Å². The molecule has 0 aliphatic carbocycles. The first-order valence-electron chi connectivity index (χ1n) is 5.22. The van der Waals surface area contributed by atoms with Crippen molar-refractivity contribution in [2.75, 3.05) is 23.2 Å². The van der Waals surface area contributed by atoms with E-state index in [0.29, 0.717) is 12.2 Å². The van der Waals surface area contributed by atoms with E-state index in [0.717, 1.165) is 10.1 Å². The lowest BCUT2D eigenvalue weighted by molar-refractivity contribution is -0.384. The van der Waals surface area contributed by atoms with Crippen LogP contribution in [0.2, 0.25) is 0 Å². The number of nitro groups is 1. The molecule has 2 N–H and O–H groups in total. The van der Waals surface area contributed by atoms with Gasteiger partial charge < -0.3 is 0 Å². The topological polar surface area (TPSA) is 90.1 Å². The lowest BCUT2D eigenvalue weighted by Crippen LogP contribution is -2.20. The van der Waals surface area contributed by atoms with Gasteiger partial charge in [0.1, 0.15) is 5.69 Å². The van der Waals surface area contributed by atoms with Crippen molar-refractivity contribution in [2.45, 2.75) is 13.8 Å². The zero-order valence-corrected chi connectivity index (χ0v) is 9.70. The van der Waals surface area contributed by atoms with Crippen molar-refractivity contribution >= 4 is 17.1 Å². The molecule has 0 unspecified atom stereocenters. The van der Waals surface area contributed by atoms with Gasteiger partial charge in [-0.2, -0.15) is 0 Å². The zero-order valence-electron chi connectivity index (χ0n) is 9.70. The number of benzene rings is 1. The Morgan fingerprint density at radius 1 is 1.24 bits per heavy atom. The van der Waals surface area contributed by atoms with Crippen LogP contribution < -0.4 is 10.1 Å². The monoisotopic (exact) mass is 241 g/mol. The third-order valence-electron chi connectivity index (χ3n) is 2.33. The Morgan fingerprint density at radius 2 is 1.82 bits per heavy atom. The zero-order chi connectivity index (χ0) is 13.0. The van der Waals surface area contributed by atoms with Gasteiger partial charge in [-0.3, -0.25) is 30.7 Å². The molecule has 7 nitrogen and oxygen atoms in total. The molecule has 7 heteroatoms. The van der Waals surface area contributed by atoms with E-state index in [9.17, 15) is 20.5 Å². The second-order valence-electron chi connectivity index (χ2n) is 3.36. The Hall–Kier alpha value is -1.86. The highest BCUT2D eigenvalue weighted by Gasteiger charge is 2.19. The SMILES string of the molecule is CCN(O)c1ccc(N(O)CC)c([N+](=O)[O-])c1. The van der Waals surface area contributed by atoms with Crippen LogP contribution in [0.1, 0.15) is 13.8 Å². The number of nitrogens with zero attached hydrogens (tertiary/aromatic N) is 3. The molecule has 0 saturated carbocycles. The van der Waals surface area contributed by atoms with Crippen molar-refractivity contribution in [2.24, 2.45) is 0 Å². The average molecular weight is 241 g/mol. The highest BCUT2D eigenvalue weighted by molar-refractivity contribution is 5.68.